The molecule has 0 amide bonds. The van der Waals surface area contributed by atoms with Gasteiger partial charge >= 0.3 is 5.92 Å². The van der Waals surface area contributed by atoms with Gasteiger partial charge in [0.25, 0.3) is 0 Å². The van der Waals surface area contributed by atoms with Crippen LogP contribution in [0.15, 0.2) is 6.07 Å². The molecule has 0 aliphatic heterocycles. The molecular weight excluding hydrogens is 164 g/mol. The molecule has 5 heteroatoms. The van der Waals surface area contributed by atoms with Crippen LogP contribution < -0.4 is 5.73 Å². The number of aryl methyl sites for hydroxylation is 2. The monoisotopic (exact) mass is 175 g/mol. The molecule has 0 bridgehead atoms. The highest BCUT2D eigenvalue weighted by Crippen LogP contribution is 2.26. The van der Waals surface area contributed by atoms with Crippen molar-refractivity contribution in [3.63, 3.8) is 0 Å². The molecular formula is C7H11F2N3. The van der Waals surface area contributed by atoms with Gasteiger partial charge in [-0.15, -0.1) is 0 Å². The Balaban J connectivity index is 3.09. The highest BCUT2D eigenvalue weighted by atomic mass is 19.3. The van der Waals surface area contributed by atoms with E-state index < -0.39 is 12.5 Å². The Morgan fingerprint density at radius 2 is 2.25 bits per heavy atom. The van der Waals surface area contributed by atoms with E-state index in [1.165, 1.54) is 13.1 Å². The number of nitrogens with two attached hydrogens (primary N) is 1. The summed E-state index contributed by atoms with van der Waals surface area (Å²) in [5, 5.41) is 3.81. The van der Waals surface area contributed by atoms with Gasteiger partial charge in [0, 0.05) is 7.05 Å². The Labute approximate surface area is 69.2 Å². The fourth-order valence-electron chi connectivity index (χ4n) is 1.06. The number of halogens is 2. The molecule has 1 aromatic rings. The lowest BCUT2D eigenvalue weighted by Gasteiger charge is -2.13. The molecule has 0 fully saturated rings. The van der Waals surface area contributed by atoms with Crippen molar-refractivity contribution in [1.29, 1.82) is 0 Å². The van der Waals surface area contributed by atoms with Crippen molar-refractivity contribution in [3.8, 4) is 0 Å². The van der Waals surface area contributed by atoms with Gasteiger partial charge in [-0.05, 0) is 13.0 Å². The molecule has 0 aliphatic rings. The number of rotatable bonds is 2. The van der Waals surface area contributed by atoms with Crippen LogP contribution in [0.3, 0.4) is 0 Å². The lowest BCUT2D eigenvalue weighted by atomic mass is 10.2. The molecule has 3 nitrogen and oxygen atoms in total. The smallest absolute Gasteiger partial charge is 0.301 e. The second-order valence-electron chi connectivity index (χ2n) is 2.70. The first-order chi connectivity index (χ1) is 5.47. The largest absolute Gasteiger partial charge is 0.325 e. The summed E-state index contributed by atoms with van der Waals surface area (Å²) in [7, 11) is 1.48. The standard InChI is InChI=1S/C7H11F2N3/c1-5-3-6(12(2)11-5)7(8,9)4-10/h3H,4,10H2,1-2H3. The van der Waals surface area contributed by atoms with Gasteiger partial charge in [-0.25, -0.2) is 0 Å². The normalized spacial score (nSPS) is 12.1. The molecule has 68 valence electrons. The first-order valence-corrected chi connectivity index (χ1v) is 3.56. The minimum atomic E-state index is -2.98. The van der Waals surface area contributed by atoms with Crippen molar-refractivity contribution >= 4 is 0 Å². The minimum Gasteiger partial charge on any atom is -0.325 e. The molecule has 0 saturated carbocycles. The van der Waals surface area contributed by atoms with Crippen molar-refractivity contribution in [2.45, 2.75) is 12.8 Å². The molecule has 0 spiro atoms. The van der Waals surface area contributed by atoms with E-state index in [2.05, 4.69) is 5.10 Å². The van der Waals surface area contributed by atoms with Gasteiger partial charge < -0.3 is 5.73 Å². The third-order valence-corrected chi connectivity index (χ3v) is 1.63. The van der Waals surface area contributed by atoms with E-state index in [-0.39, 0.29) is 5.69 Å². The maximum Gasteiger partial charge on any atom is 0.301 e. The molecule has 0 saturated heterocycles. The summed E-state index contributed by atoms with van der Waals surface area (Å²) in [4.78, 5) is 0. The second-order valence-corrected chi connectivity index (χ2v) is 2.70. The van der Waals surface area contributed by atoms with Crippen LogP contribution in [0.4, 0.5) is 8.78 Å². The van der Waals surface area contributed by atoms with Crippen molar-refractivity contribution in [2.24, 2.45) is 12.8 Å². The average Bonchev–Trinajstić information content (AvgIpc) is 2.31. The summed E-state index contributed by atoms with van der Waals surface area (Å²) in [5.74, 6) is -2.98. The van der Waals surface area contributed by atoms with Crippen molar-refractivity contribution in [2.75, 3.05) is 6.54 Å². The lowest BCUT2D eigenvalue weighted by Crippen LogP contribution is -2.27. The maximum absolute atomic E-state index is 13.0. The zero-order valence-electron chi connectivity index (χ0n) is 7.01. The molecule has 1 heterocycles. The van der Waals surface area contributed by atoms with Crippen LogP contribution in [-0.4, -0.2) is 16.3 Å². The summed E-state index contributed by atoms with van der Waals surface area (Å²) in [6.45, 7) is 0.974. The Hall–Kier alpha value is -0.970. The molecule has 12 heavy (non-hydrogen) atoms. The number of hydrogen-bond donors (Lipinski definition) is 1. The second kappa shape index (κ2) is 2.82. The number of aromatic nitrogens is 2. The van der Waals surface area contributed by atoms with Gasteiger partial charge in [-0.3, -0.25) is 4.68 Å². The summed E-state index contributed by atoms with van der Waals surface area (Å²) < 4.78 is 27.1. The quantitative estimate of drug-likeness (QED) is 0.721. The number of nitrogens with zero attached hydrogens (tertiary/aromatic N) is 2. The van der Waals surface area contributed by atoms with Gasteiger partial charge in [0.15, 0.2) is 0 Å². The van der Waals surface area contributed by atoms with Crippen molar-refractivity contribution < 1.29 is 8.78 Å². The zero-order chi connectivity index (χ0) is 9.35. The van der Waals surface area contributed by atoms with Gasteiger partial charge in [0.1, 0.15) is 5.69 Å². The minimum absolute atomic E-state index is 0.137. The van der Waals surface area contributed by atoms with Crippen molar-refractivity contribution in [3.05, 3.63) is 17.5 Å². The summed E-state index contributed by atoms with van der Waals surface area (Å²) >= 11 is 0. The third kappa shape index (κ3) is 1.45. The molecule has 1 rings (SSSR count). The lowest BCUT2D eigenvalue weighted by molar-refractivity contribution is -0.00238. The zero-order valence-corrected chi connectivity index (χ0v) is 7.01. The molecule has 0 unspecified atom stereocenters. The predicted molar refractivity (Wildman–Crippen MR) is 40.9 cm³/mol. The highest BCUT2D eigenvalue weighted by molar-refractivity contribution is 5.14. The predicted octanol–water partition coefficient (Wildman–Crippen LogP) is 0.779. The van der Waals surface area contributed by atoms with E-state index in [1.54, 1.807) is 6.92 Å². The van der Waals surface area contributed by atoms with E-state index in [9.17, 15) is 8.78 Å². The van der Waals surface area contributed by atoms with Crippen LogP contribution in [0.1, 0.15) is 11.4 Å². The van der Waals surface area contributed by atoms with Gasteiger partial charge in [-0.1, -0.05) is 0 Å². The van der Waals surface area contributed by atoms with Crippen LogP contribution in [-0.2, 0) is 13.0 Å². The van der Waals surface area contributed by atoms with E-state index in [1.807, 2.05) is 0 Å². The summed E-state index contributed by atoms with van der Waals surface area (Å²) in [6, 6.07) is 1.34. The molecule has 0 atom stereocenters. The fourth-order valence-corrected chi connectivity index (χ4v) is 1.06. The third-order valence-electron chi connectivity index (χ3n) is 1.63. The van der Waals surface area contributed by atoms with E-state index in [0.29, 0.717) is 5.69 Å². The van der Waals surface area contributed by atoms with E-state index in [4.69, 9.17) is 5.73 Å². The first kappa shape index (κ1) is 9.12. The van der Waals surface area contributed by atoms with Crippen LogP contribution in [0.5, 0.6) is 0 Å². The average molecular weight is 175 g/mol. The van der Waals surface area contributed by atoms with E-state index in [0.717, 1.165) is 4.68 Å². The van der Waals surface area contributed by atoms with E-state index >= 15 is 0 Å². The molecule has 0 radical (unpaired) electrons. The van der Waals surface area contributed by atoms with Crippen LogP contribution in [0, 0.1) is 6.92 Å². The summed E-state index contributed by atoms with van der Waals surface area (Å²) in [5.41, 5.74) is 5.36. The molecule has 0 aromatic carbocycles. The first-order valence-electron chi connectivity index (χ1n) is 3.56. The number of hydrogen-bond acceptors (Lipinski definition) is 2. The number of alkyl halides is 2. The Morgan fingerprint density at radius 3 is 2.58 bits per heavy atom. The van der Waals surface area contributed by atoms with Crippen LogP contribution in [0.2, 0.25) is 0 Å². The van der Waals surface area contributed by atoms with Gasteiger partial charge in [0.05, 0.1) is 12.2 Å². The molecule has 2 N–H and O–H groups in total. The highest BCUT2D eigenvalue weighted by Gasteiger charge is 2.33. The van der Waals surface area contributed by atoms with Crippen LogP contribution in [0.25, 0.3) is 0 Å². The summed E-state index contributed by atoms with van der Waals surface area (Å²) in [6.07, 6.45) is 0. The Bertz CT molecular complexity index is 280. The van der Waals surface area contributed by atoms with Gasteiger partial charge in [0.2, 0.25) is 0 Å². The molecule has 0 aliphatic carbocycles. The Kier molecular flexibility index (Phi) is 2.14. The topological polar surface area (TPSA) is 43.8 Å². The van der Waals surface area contributed by atoms with Crippen molar-refractivity contribution in [1.82, 2.24) is 9.78 Å². The van der Waals surface area contributed by atoms with Crippen LogP contribution >= 0.6 is 0 Å². The SMILES string of the molecule is Cc1cc(C(F)(F)CN)n(C)n1. The Morgan fingerprint density at radius 1 is 1.67 bits per heavy atom. The fraction of sp³-hybridized carbons (Fsp3) is 0.571. The van der Waals surface area contributed by atoms with Gasteiger partial charge in [-0.2, -0.15) is 13.9 Å². The maximum atomic E-state index is 13.0. The molecule has 1 aromatic heterocycles.